The molecule has 0 aliphatic heterocycles. The number of amides is 1. The smallest absolute Gasteiger partial charge is 0.222 e. The first-order valence-corrected chi connectivity index (χ1v) is 7.00. The maximum absolute atomic E-state index is 11.9. The number of rotatable bonds is 7. The van der Waals surface area contributed by atoms with Crippen LogP contribution in [0.4, 0.5) is 0 Å². The number of likely N-dealkylation sites (N-methyl/N-ethyl adjacent to an activating group) is 1. The summed E-state index contributed by atoms with van der Waals surface area (Å²) in [6.07, 6.45) is 1.17. The largest absolute Gasteiger partial charge is 0.492 e. The van der Waals surface area contributed by atoms with Crippen LogP contribution in [0, 0.1) is 6.92 Å². The minimum absolute atomic E-state index is 0.108. The minimum Gasteiger partial charge on any atom is -0.492 e. The second kappa shape index (κ2) is 7.29. The van der Waals surface area contributed by atoms with E-state index in [1.807, 2.05) is 45.0 Å². The van der Waals surface area contributed by atoms with Gasteiger partial charge in [0.1, 0.15) is 12.4 Å². The van der Waals surface area contributed by atoms with Gasteiger partial charge in [0.05, 0.1) is 6.54 Å². The highest BCUT2D eigenvalue weighted by Crippen LogP contribution is 2.12. The molecule has 1 amide bonds. The van der Waals surface area contributed by atoms with Gasteiger partial charge in [-0.2, -0.15) is 0 Å². The Morgan fingerprint density at radius 3 is 2.70 bits per heavy atom. The third kappa shape index (κ3) is 6.57. The van der Waals surface area contributed by atoms with Gasteiger partial charge < -0.3 is 15.4 Å². The molecule has 2 N–H and O–H groups in total. The molecule has 0 radical (unpaired) electrons. The predicted molar refractivity (Wildman–Crippen MR) is 81.8 cm³/mol. The fourth-order valence-corrected chi connectivity index (χ4v) is 1.75. The average Bonchev–Trinajstić information content (AvgIpc) is 2.35. The molecule has 0 fully saturated rings. The summed E-state index contributed by atoms with van der Waals surface area (Å²) in [4.78, 5) is 13.6. The van der Waals surface area contributed by atoms with Crippen molar-refractivity contribution in [1.29, 1.82) is 0 Å². The van der Waals surface area contributed by atoms with E-state index in [-0.39, 0.29) is 11.4 Å². The average molecular weight is 278 g/mol. The van der Waals surface area contributed by atoms with Crippen molar-refractivity contribution >= 4 is 5.91 Å². The molecule has 0 aliphatic rings. The molecule has 0 unspecified atom stereocenters. The topological polar surface area (TPSA) is 55.6 Å². The first kappa shape index (κ1) is 16.5. The molecule has 0 bridgehead atoms. The third-order valence-electron chi connectivity index (χ3n) is 3.09. The standard InChI is InChI=1S/C16H26N2O2/c1-13-6-5-7-14(12-13)20-11-10-18(4)15(19)8-9-16(2,3)17/h5-7,12H,8-11,17H2,1-4H3. The Balaban J connectivity index is 2.29. The highest BCUT2D eigenvalue weighted by Gasteiger charge is 2.15. The van der Waals surface area contributed by atoms with Crippen LogP contribution in [0.3, 0.4) is 0 Å². The van der Waals surface area contributed by atoms with Crippen molar-refractivity contribution in [2.75, 3.05) is 20.2 Å². The first-order valence-electron chi connectivity index (χ1n) is 7.00. The van der Waals surface area contributed by atoms with Crippen LogP contribution in [0.25, 0.3) is 0 Å². The maximum atomic E-state index is 11.9. The lowest BCUT2D eigenvalue weighted by Gasteiger charge is -2.21. The van der Waals surface area contributed by atoms with Crippen molar-refractivity contribution in [2.45, 2.75) is 39.2 Å². The molecule has 0 spiro atoms. The summed E-state index contributed by atoms with van der Waals surface area (Å²) >= 11 is 0. The summed E-state index contributed by atoms with van der Waals surface area (Å²) in [5.74, 6) is 0.949. The van der Waals surface area contributed by atoms with E-state index in [0.29, 0.717) is 26.0 Å². The Kier molecular flexibility index (Phi) is 6.02. The summed E-state index contributed by atoms with van der Waals surface area (Å²) in [5, 5.41) is 0. The van der Waals surface area contributed by atoms with Gasteiger partial charge in [0.25, 0.3) is 0 Å². The summed E-state index contributed by atoms with van der Waals surface area (Å²) in [5.41, 5.74) is 6.75. The zero-order valence-corrected chi connectivity index (χ0v) is 13.0. The monoisotopic (exact) mass is 278 g/mol. The van der Waals surface area contributed by atoms with Crippen molar-refractivity contribution < 1.29 is 9.53 Å². The van der Waals surface area contributed by atoms with Gasteiger partial charge in [0.2, 0.25) is 5.91 Å². The van der Waals surface area contributed by atoms with Crippen LogP contribution >= 0.6 is 0 Å². The van der Waals surface area contributed by atoms with Crippen LogP contribution in [-0.2, 0) is 4.79 Å². The molecule has 0 atom stereocenters. The number of hydrogen-bond acceptors (Lipinski definition) is 3. The lowest BCUT2D eigenvalue weighted by atomic mass is 10.00. The summed E-state index contributed by atoms with van der Waals surface area (Å²) < 4.78 is 5.63. The molecule has 0 heterocycles. The number of carbonyl (C=O) groups excluding carboxylic acids is 1. The van der Waals surface area contributed by atoms with E-state index >= 15 is 0 Å². The Morgan fingerprint density at radius 2 is 2.10 bits per heavy atom. The fraction of sp³-hybridized carbons (Fsp3) is 0.562. The molecular weight excluding hydrogens is 252 g/mol. The van der Waals surface area contributed by atoms with Gasteiger partial charge in [-0.1, -0.05) is 12.1 Å². The second-order valence-electron chi connectivity index (χ2n) is 5.97. The van der Waals surface area contributed by atoms with Crippen molar-refractivity contribution in [3.63, 3.8) is 0 Å². The number of hydrogen-bond donors (Lipinski definition) is 1. The number of benzene rings is 1. The third-order valence-corrected chi connectivity index (χ3v) is 3.09. The maximum Gasteiger partial charge on any atom is 0.222 e. The van der Waals surface area contributed by atoms with Crippen molar-refractivity contribution in [2.24, 2.45) is 5.73 Å². The van der Waals surface area contributed by atoms with Crippen LogP contribution in [-0.4, -0.2) is 36.5 Å². The van der Waals surface area contributed by atoms with Gasteiger partial charge in [0, 0.05) is 19.0 Å². The number of nitrogens with zero attached hydrogens (tertiary/aromatic N) is 1. The normalized spacial score (nSPS) is 11.2. The minimum atomic E-state index is -0.297. The number of carbonyl (C=O) groups is 1. The molecule has 0 aromatic heterocycles. The van der Waals surface area contributed by atoms with Crippen molar-refractivity contribution in [3.05, 3.63) is 29.8 Å². The van der Waals surface area contributed by atoms with Gasteiger partial charge >= 0.3 is 0 Å². The molecule has 4 nitrogen and oxygen atoms in total. The van der Waals surface area contributed by atoms with Crippen LogP contribution in [0.2, 0.25) is 0 Å². The van der Waals surface area contributed by atoms with Gasteiger partial charge in [-0.15, -0.1) is 0 Å². The van der Waals surface area contributed by atoms with E-state index in [0.717, 1.165) is 11.3 Å². The van der Waals surface area contributed by atoms with Gasteiger partial charge in [-0.3, -0.25) is 4.79 Å². The second-order valence-corrected chi connectivity index (χ2v) is 5.97. The van der Waals surface area contributed by atoms with E-state index in [2.05, 4.69) is 0 Å². The number of aryl methyl sites for hydroxylation is 1. The highest BCUT2D eigenvalue weighted by atomic mass is 16.5. The van der Waals surface area contributed by atoms with Gasteiger partial charge in [0.15, 0.2) is 0 Å². The Bertz CT molecular complexity index is 438. The highest BCUT2D eigenvalue weighted by molar-refractivity contribution is 5.75. The lowest BCUT2D eigenvalue weighted by Crippen LogP contribution is -2.36. The van der Waals surface area contributed by atoms with Crippen molar-refractivity contribution in [3.8, 4) is 5.75 Å². The molecule has 1 aromatic carbocycles. The predicted octanol–water partition coefficient (Wildman–Crippen LogP) is 2.35. The summed E-state index contributed by atoms with van der Waals surface area (Å²) in [6, 6.07) is 7.89. The van der Waals surface area contributed by atoms with E-state index in [9.17, 15) is 4.79 Å². The van der Waals surface area contributed by atoms with Gasteiger partial charge in [-0.25, -0.2) is 0 Å². The molecule has 0 saturated heterocycles. The SMILES string of the molecule is Cc1cccc(OCCN(C)C(=O)CCC(C)(C)N)c1. The lowest BCUT2D eigenvalue weighted by molar-refractivity contribution is -0.130. The van der Waals surface area contributed by atoms with E-state index in [4.69, 9.17) is 10.5 Å². The van der Waals surface area contributed by atoms with Crippen LogP contribution in [0.5, 0.6) is 5.75 Å². The van der Waals surface area contributed by atoms with E-state index in [1.165, 1.54) is 0 Å². The first-order chi connectivity index (χ1) is 9.28. The molecule has 1 rings (SSSR count). The number of ether oxygens (including phenoxy) is 1. The van der Waals surface area contributed by atoms with E-state index < -0.39 is 0 Å². The zero-order chi connectivity index (χ0) is 15.2. The summed E-state index contributed by atoms with van der Waals surface area (Å²) in [6.45, 7) is 6.97. The molecule has 0 aliphatic carbocycles. The molecule has 20 heavy (non-hydrogen) atoms. The fourth-order valence-electron chi connectivity index (χ4n) is 1.75. The van der Waals surface area contributed by atoms with E-state index in [1.54, 1.807) is 11.9 Å². The summed E-state index contributed by atoms with van der Waals surface area (Å²) in [7, 11) is 1.80. The Labute approximate surface area is 121 Å². The Morgan fingerprint density at radius 1 is 1.40 bits per heavy atom. The molecule has 0 saturated carbocycles. The van der Waals surface area contributed by atoms with Crippen LogP contribution in [0.15, 0.2) is 24.3 Å². The van der Waals surface area contributed by atoms with Crippen molar-refractivity contribution in [1.82, 2.24) is 4.90 Å². The number of nitrogens with two attached hydrogens (primary N) is 1. The van der Waals surface area contributed by atoms with Crippen LogP contribution < -0.4 is 10.5 Å². The van der Waals surface area contributed by atoms with Crippen LogP contribution in [0.1, 0.15) is 32.3 Å². The molecule has 1 aromatic rings. The molecular formula is C16H26N2O2. The van der Waals surface area contributed by atoms with Gasteiger partial charge in [-0.05, 0) is 44.9 Å². The molecule has 4 heteroatoms. The molecule has 112 valence electrons. The Hall–Kier alpha value is -1.55. The zero-order valence-electron chi connectivity index (χ0n) is 13.0. The quantitative estimate of drug-likeness (QED) is 0.833.